The van der Waals surface area contributed by atoms with Crippen LogP contribution in [0.5, 0.6) is 5.88 Å². The maximum atomic E-state index is 14.7. The second-order valence-electron chi connectivity index (χ2n) is 11.7. The number of fused-ring (bicyclic) bond motifs is 6. The van der Waals surface area contributed by atoms with Crippen molar-refractivity contribution < 1.29 is 18.3 Å². The average Bonchev–Trinajstić information content (AvgIpc) is 3.75. The molecule has 0 aliphatic carbocycles. The molecule has 1 fully saturated rings. The van der Waals surface area contributed by atoms with Crippen LogP contribution in [0.15, 0.2) is 67.1 Å². The number of anilines is 1. The normalized spacial score (nSPS) is 18.6. The van der Waals surface area contributed by atoms with Crippen LogP contribution in [-0.4, -0.2) is 77.6 Å². The van der Waals surface area contributed by atoms with E-state index in [1.165, 1.54) is 29.3 Å². The van der Waals surface area contributed by atoms with Crippen molar-refractivity contribution in [1.82, 2.24) is 39.4 Å². The first-order chi connectivity index (χ1) is 22.4. The summed E-state index contributed by atoms with van der Waals surface area (Å²) in [6, 6.07) is 14.4. The molecular weight excluding hydrogens is 592 g/mol. The molecule has 0 N–H and O–H groups in total. The fourth-order valence-corrected chi connectivity index (χ4v) is 6.70. The molecule has 4 bridgehead atoms. The molecule has 46 heavy (non-hydrogen) atoms. The lowest BCUT2D eigenvalue weighted by atomic mass is 10.0. The lowest BCUT2D eigenvalue weighted by Gasteiger charge is -2.28. The quantitative estimate of drug-likeness (QED) is 0.279. The van der Waals surface area contributed by atoms with Crippen LogP contribution in [-0.2, 0) is 18.3 Å². The molecule has 2 aromatic carbocycles. The maximum absolute atomic E-state index is 14.7. The van der Waals surface area contributed by atoms with Gasteiger partial charge in [0.2, 0.25) is 11.8 Å². The Bertz CT molecular complexity index is 2150. The van der Waals surface area contributed by atoms with E-state index in [4.69, 9.17) is 14.8 Å². The third-order valence-electron chi connectivity index (χ3n) is 8.85. The van der Waals surface area contributed by atoms with Crippen LogP contribution >= 0.6 is 0 Å². The van der Waals surface area contributed by atoms with Crippen molar-refractivity contribution >= 4 is 33.7 Å². The molecule has 2 aliphatic heterocycles. The summed E-state index contributed by atoms with van der Waals surface area (Å²) in [6.45, 7) is 0.886. The van der Waals surface area contributed by atoms with Crippen LogP contribution in [0.2, 0.25) is 0 Å². The molecule has 232 valence electrons. The molecule has 0 spiro atoms. The number of halogens is 2. The van der Waals surface area contributed by atoms with E-state index >= 15 is 0 Å². The molecule has 1 amide bonds. The predicted octanol–water partition coefficient (Wildman–Crippen LogP) is 4.47. The molecule has 0 unspecified atom stereocenters. The van der Waals surface area contributed by atoms with Gasteiger partial charge < -0.3 is 14.5 Å². The van der Waals surface area contributed by atoms with Gasteiger partial charge in [-0.05, 0) is 37.1 Å². The Kier molecular flexibility index (Phi) is 6.62. The van der Waals surface area contributed by atoms with Gasteiger partial charge in [-0.3, -0.25) is 9.48 Å². The molecule has 0 saturated carbocycles. The molecule has 8 rings (SSSR count). The summed E-state index contributed by atoms with van der Waals surface area (Å²) in [6.07, 6.45) is 4.38. The zero-order chi connectivity index (χ0) is 31.5. The van der Waals surface area contributed by atoms with Gasteiger partial charge in [0.1, 0.15) is 35.8 Å². The van der Waals surface area contributed by atoms with Gasteiger partial charge >= 0.3 is 0 Å². The van der Waals surface area contributed by atoms with Crippen LogP contribution in [0.1, 0.15) is 18.5 Å². The van der Waals surface area contributed by atoms with Gasteiger partial charge in [-0.25, -0.2) is 28.4 Å². The van der Waals surface area contributed by atoms with Crippen molar-refractivity contribution in [3.63, 3.8) is 0 Å². The number of hydrogen-bond donors (Lipinski definition) is 0. The van der Waals surface area contributed by atoms with Crippen molar-refractivity contribution in [3.8, 4) is 22.8 Å². The Morgan fingerprint density at radius 2 is 1.89 bits per heavy atom. The number of carbonyl (C=O) groups is 1. The van der Waals surface area contributed by atoms with Gasteiger partial charge in [0.15, 0.2) is 11.5 Å². The summed E-state index contributed by atoms with van der Waals surface area (Å²) >= 11 is 0. The molecule has 13 heteroatoms. The summed E-state index contributed by atoms with van der Waals surface area (Å²) < 4.78 is 38.1. The zero-order valence-corrected chi connectivity index (χ0v) is 25.1. The van der Waals surface area contributed by atoms with E-state index in [1.807, 2.05) is 54.0 Å². The Morgan fingerprint density at radius 3 is 2.76 bits per heavy atom. The van der Waals surface area contributed by atoms with Crippen molar-refractivity contribution in [2.75, 3.05) is 25.0 Å². The number of likely N-dealkylation sites (N-methyl/N-ethyl adjacent to an activating group) is 1. The third-order valence-corrected chi connectivity index (χ3v) is 8.85. The fourth-order valence-electron chi connectivity index (χ4n) is 6.70. The average molecular weight is 622 g/mol. The zero-order valence-electron chi connectivity index (χ0n) is 25.1. The Morgan fingerprint density at radius 1 is 1.02 bits per heavy atom. The van der Waals surface area contributed by atoms with E-state index in [-0.39, 0.29) is 17.7 Å². The van der Waals surface area contributed by atoms with Crippen molar-refractivity contribution in [2.45, 2.75) is 31.4 Å². The minimum atomic E-state index is -0.771. The predicted molar refractivity (Wildman–Crippen MR) is 167 cm³/mol. The van der Waals surface area contributed by atoms with E-state index in [2.05, 4.69) is 21.1 Å². The standard InChI is InChI=1S/C33H29F2N9O2/c1-41-13-5-9-27-30-21(6-3-8-25(30)40-42(27)2)24-7-4-10-29(39-24)46-20-15-28(33(41)45)43(17-20)31-22-16-38-44(32(22)37-18-36-31)26-12-11-19(34)14-23(26)35/h3-4,6-8,10-12,14,16,18,20,28H,5,9,13,15,17H2,1-2H3/t20-,28-/m0/s1. The number of amides is 1. The SMILES string of the molecule is CN1CCCc2c3c(cccc3nn2C)-c2cccc(n2)O[C@H]2C[C@@H](C1=O)N(c1ncnc3c1cnn3-c1ccc(F)cc1F)C2. The van der Waals surface area contributed by atoms with Crippen LogP contribution in [0.4, 0.5) is 14.6 Å². The highest BCUT2D eigenvalue weighted by Crippen LogP contribution is 2.35. The Hall–Kier alpha value is -5.46. The monoisotopic (exact) mass is 621 g/mol. The third kappa shape index (κ3) is 4.61. The molecule has 6 heterocycles. The second-order valence-corrected chi connectivity index (χ2v) is 11.7. The van der Waals surface area contributed by atoms with Gasteiger partial charge in [0.25, 0.3) is 0 Å². The number of aromatic nitrogens is 7. The van der Waals surface area contributed by atoms with E-state index in [9.17, 15) is 13.6 Å². The number of ether oxygens (including phenoxy) is 1. The highest BCUT2D eigenvalue weighted by molar-refractivity contribution is 5.96. The van der Waals surface area contributed by atoms with Gasteiger partial charge in [-0.1, -0.05) is 18.2 Å². The summed E-state index contributed by atoms with van der Waals surface area (Å²) in [5.41, 5.74) is 4.12. The van der Waals surface area contributed by atoms with Gasteiger partial charge in [0.05, 0.1) is 29.3 Å². The minimum Gasteiger partial charge on any atom is -0.472 e. The molecule has 0 radical (unpaired) electrons. The molecule has 11 nitrogen and oxygen atoms in total. The largest absolute Gasteiger partial charge is 0.472 e. The van der Waals surface area contributed by atoms with E-state index in [1.54, 1.807) is 4.90 Å². The number of aryl methyl sites for hydroxylation is 2. The van der Waals surface area contributed by atoms with Crippen molar-refractivity contribution in [1.29, 1.82) is 0 Å². The van der Waals surface area contributed by atoms with Crippen molar-refractivity contribution in [3.05, 3.63) is 84.4 Å². The molecular formula is C33H29F2N9O2. The number of pyridine rings is 1. The number of benzene rings is 2. The van der Waals surface area contributed by atoms with Crippen LogP contribution in [0.25, 0.3) is 38.9 Å². The summed E-state index contributed by atoms with van der Waals surface area (Å²) in [4.78, 5) is 31.6. The highest BCUT2D eigenvalue weighted by atomic mass is 19.1. The highest BCUT2D eigenvalue weighted by Gasteiger charge is 2.41. The fraction of sp³-hybridized carbons (Fsp3) is 0.273. The topological polar surface area (TPSA) is 107 Å². The lowest BCUT2D eigenvalue weighted by molar-refractivity contribution is -0.131. The minimum absolute atomic E-state index is 0.0516. The molecule has 1 saturated heterocycles. The molecule has 2 aliphatic rings. The van der Waals surface area contributed by atoms with Crippen LogP contribution in [0.3, 0.4) is 0 Å². The smallest absolute Gasteiger partial charge is 0.245 e. The number of nitrogens with zero attached hydrogens (tertiary/aromatic N) is 9. The number of carbonyl (C=O) groups excluding carboxylic acids is 1. The molecule has 4 aromatic heterocycles. The Balaban J connectivity index is 1.20. The van der Waals surface area contributed by atoms with Crippen LogP contribution in [0, 0.1) is 11.6 Å². The first-order valence-corrected chi connectivity index (χ1v) is 15.1. The van der Waals surface area contributed by atoms with E-state index in [0.29, 0.717) is 42.2 Å². The van der Waals surface area contributed by atoms with E-state index < -0.39 is 17.7 Å². The van der Waals surface area contributed by atoms with E-state index in [0.717, 1.165) is 46.8 Å². The molecule has 2 atom stereocenters. The first-order valence-electron chi connectivity index (χ1n) is 15.1. The van der Waals surface area contributed by atoms with Gasteiger partial charge in [-0.15, -0.1) is 0 Å². The summed E-state index contributed by atoms with van der Waals surface area (Å²) in [5.74, 6) is -0.599. The van der Waals surface area contributed by atoms with Crippen molar-refractivity contribution in [2.24, 2.45) is 7.05 Å². The van der Waals surface area contributed by atoms with Gasteiger partial charge in [-0.2, -0.15) is 10.2 Å². The summed E-state index contributed by atoms with van der Waals surface area (Å²) in [7, 11) is 3.76. The Labute approximate surface area is 262 Å². The maximum Gasteiger partial charge on any atom is 0.245 e. The number of hydrogen-bond acceptors (Lipinski definition) is 8. The summed E-state index contributed by atoms with van der Waals surface area (Å²) in [5, 5.41) is 10.7. The van der Waals surface area contributed by atoms with Crippen LogP contribution < -0.4 is 9.64 Å². The van der Waals surface area contributed by atoms with Gasteiger partial charge in [0, 0.05) is 55.8 Å². The lowest BCUT2D eigenvalue weighted by Crippen LogP contribution is -2.45. The first kappa shape index (κ1) is 28.0. The number of rotatable bonds is 2. The molecule has 6 aromatic rings. The second kappa shape index (κ2) is 10.9.